The molecule has 1 aromatic rings. The highest BCUT2D eigenvalue weighted by molar-refractivity contribution is 5.76. The average Bonchev–Trinajstić information content (AvgIpc) is 2.47. The van der Waals surface area contributed by atoms with Crippen LogP contribution in [0.5, 0.6) is 0 Å². The molecule has 3 heteroatoms. The number of rotatable bonds is 5. The van der Waals surface area contributed by atoms with E-state index in [9.17, 15) is 9.90 Å². The number of amides is 1. The second kappa shape index (κ2) is 7.08. The summed E-state index contributed by atoms with van der Waals surface area (Å²) in [5, 5.41) is 13.3. The molecule has 0 saturated heterocycles. The van der Waals surface area contributed by atoms with E-state index in [1.807, 2.05) is 6.07 Å². The SMILES string of the molecule is Cc1cccc(CCC(=O)NCC2(O)CCC(C)CC2)c1. The van der Waals surface area contributed by atoms with Crippen LogP contribution in [0.2, 0.25) is 0 Å². The molecule has 1 saturated carbocycles. The lowest BCUT2D eigenvalue weighted by Crippen LogP contribution is -2.45. The molecule has 0 unspecified atom stereocenters. The molecular formula is C18H27NO2. The van der Waals surface area contributed by atoms with Gasteiger partial charge >= 0.3 is 0 Å². The lowest BCUT2D eigenvalue weighted by Gasteiger charge is -2.34. The largest absolute Gasteiger partial charge is 0.388 e. The van der Waals surface area contributed by atoms with Crippen molar-refractivity contribution in [2.24, 2.45) is 5.92 Å². The number of aryl methyl sites for hydroxylation is 2. The van der Waals surface area contributed by atoms with E-state index in [2.05, 4.69) is 37.4 Å². The van der Waals surface area contributed by atoms with Crippen LogP contribution in [0.3, 0.4) is 0 Å². The number of hydrogen-bond acceptors (Lipinski definition) is 2. The van der Waals surface area contributed by atoms with Gasteiger partial charge in [0, 0.05) is 13.0 Å². The topological polar surface area (TPSA) is 49.3 Å². The Morgan fingerprint density at radius 3 is 2.76 bits per heavy atom. The third-order valence-electron chi connectivity index (χ3n) is 4.54. The molecule has 0 radical (unpaired) electrons. The summed E-state index contributed by atoms with van der Waals surface area (Å²) in [7, 11) is 0. The first-order chi connectivity index (χ1) is 9.97. The molecule has 1 aliphatic rings. The van der Waals surface area contributed by atoms with Crippen molar-refractivity contribution in [3.63, 3.8) is 0 Å². The summed E-state index contributed by atoms with van der Waals surface area (Å²) in [6.45, 7) is 4.68. The molecule has 0 aliphatic heterocycles. The second-order valence-electron chi connectivity index (χ2n) is 6.67. The summed E-state index contributed by atoms with van der Waals surface area (Å²) in [6, 6.07) is 8.25. The first kappa shape index (κ1) is 16.0. The van der Waals surface area contributed by atoms with E-state index < -0.39 is 5.60 Å². The van der Waals surface area contributed by atoms with Crippen molar-refractivity contribution in [3.05, 3.63) is 35.4 Å². The molecule has 0 bridgehead atoms. The minimum atomic E-state index is -0.689. The third-order valence-corrected chi connectivity index (χ3v) is 4.54. The first-order valence-corrected chi connectivity index (χ1v) is 8.01. The van der Waals surface area contributed by atoms with E-state index in [-0.39, 0.29) is 5.91 Å². The molecule has 3 nitrogen and oxygen atoms in total. The van der Waals surface area contributed by atoms with Gasteiger partial charge in [-0.15, -0.1) is 0 Å². The van der Waals surface area contributed by atoms with Crippen LogP contribution in [0.4, 0.5) is 0 Å². The molecule has 0 spiro atoms. The Labute approximate surface area is 127 Å². The molecule has 2 N–H and O–H groups in total. The van der Waals surface area contributed by atoms with Crippen molar-refractivity contribution >= 4 is 5.91 Å². The van der Waals surface area contributed by atoms with Crippen molar-refractivity contribution in [1.82, 2.24) is 5.32 Å². The molecule has 21 heavy (non-hydrogen) atoms. The zero-order valence-electron chi connectivity index (χ0n) is 13.2. The van der Waals surface area contributed by atoms with Crippen molar-refractivity contribution in [2.75, 3.05) is 6.54 Å². The predicted octanol–water partition coefficient (Wildman–Crippen LogP) is 2.99. The smallest absolute Gasteiger partial charge is 0.220 e. The summed E-state index contributed by atoms with van der Waals surface area (Å²) in [6.07, 6.45) is 4.93. The van der Waals surface area contributed by atoms with Crippen molar-refractivity contribution in [1.29, 1.82) is 0 Å². The van der Waals surface area contributed by atoms with Crippen LogP contribution in [-0.4, -0.2) is 23.2 Å². The molecule has 0 aromatic heterocycles. The van der Waals surface area contributed by atoms with Crippen molar-refractivity contribution < 1.29 is 9.90 Å². The second-order valence-corrected chi connectivity index (χ2v) is 6.67. The Morgan fingerprint density at radius 2 is 2.10 bits per heavy atom. The number of carbonyl (C=O) groups excluding carboxylic acids is 1. The highest BCUT2D eigenvalue weighted by Crippen LogP contribution is 2.31. The Morgan fingerprint density at radius 1 is 1.38 bits per heavy atom. The minimum Gasteiger partial charge on any atom is -0.388 e. The molecule has 116 valence electrons. The quantitative estimate of drug-likeness (QED) is 0.875. The molecule has 1 aliphatic carbocycles. The predicted molar refractivity (Wildman–Crippen MR) is 85.1 cm³/mol. The average molecular weight is 289 g/mol. The maximum absolute atomic E-state index is 11.9. The highest BCUT2D eigenvalue weighted by Gasteiger charge is 2.31. The molecule has 0 heterocycles. The molecule has 1 aromatic carbocycles. The summed E-state index contributed by atoms with van der Waals surface area (Å²) in [4.78, 5) is 11.9. The fraction of sp³-hybridized carbons (Fsp3) is 0.611. The van der Waals surface area contributed by atoms with Gasteiger partial charge in [-0.1, -0.05) is 36.8 Å². The number of aliphatic hydroxyl groups is 1. The number of nitrogens with one attached hydrogen (secondary N) is 1. The highest BCUT2D eigenvalue weighted by atomic mass is 16.3. The minimum absolute atomic E-state index is 0.0311. The van der Waals surface area contributed by atoms with Crippen molar-refractivity contribution in [3.8, 4) is 0 Å². The van der Waals surface area contributed by atoms with E-state index in [4.69, 9.17) is 0 Å². The number of hydrogen-bond donors (Lipinski definition) is 2. The van der Waals surface area contributed by atoms with Crippen LogP contribution in [0, 0.1) is 12.8 Å². The van der Waals surface area contributed by atoms with Crippen LogP contribution in [0.25, 0.3) is 0 Å². The molecule has 0 atom stereocenters. The summed E-state index contributed by atoms with van der Waals surface area (Å²) < 4.78 is 0. The molecule has 1 fully saturated rings. The zero-order valence-corrected chi connectivity index (χ0v) is 13.2. The van der Waals surface area contributed by atoms with E-state index in [1.165, 1.54) is 11.1 Å². The number of carbonyl (C=O) groups is 1. The molecule has 1 amide bonds. The lowest BCUT2D eigenvalue weighted by atomic mass is 9.79. The maximum Gasteiger partial charge on any atom is 0.220 e. The Bertz CT molecular complexity index is 476. The lowest BCUT2D eigenvalue weighted by molar-refractivity contribution is -0.122. The summed E-state index contributed by atoms with van der Waals surface area (Å²) in [5.74, 6) is 0.728. The van der Waals surface area contributed by atoms with Crippen LogP contribution >= 0.6 is 0 Å². The van der Waals surface area contributed by atoms with Gasteiger partial charge in [-0.05, 0) is 50.5 Å². The maximum atomic E-state index is 11.9. The Balaban J connectivity index is 1.72. The summed E-state index contributed by atoms with van der Waals surface area (Å²) in [5.41, 5.74) is 1.72. The van der Waals surface area contributed by atoms with E-state index >= 15 is 0 Å². The van der Waals surface area contributed by atoms with Gasteiger partial charge in [-0.3, -0.25) is 4.79 Å². The third kappa shape index (κ3) is 5.16. The van der Waals surface area contributed by atoms with Gasteiger partial charge in [0.05, 0.1) is 5.60 Å². The summed E-state index contributed by atoms with van der Waals surface area (Å²) >= 11 is 0. The van der Waals surface area contributed by atoms with Crippen molar-refractivity contribution in [2.45, 2.75) is 58.0 Å². The Hall–Kier alpha value is -1.35. The Kier molecular flexibility index (Phi) is 5.40. The molecular weight excluding hydrogens is 262 g/mol. The van der Waals surface area contributed by atoms with Gasteiger partial charge in [0.1, 0.15) is 0 Å². The van der Waals surface area contributed by atoms with E-state index in [0.717, 1.165) is 32.1 Å². The first-order valence-electron chi connectivity index (χ1n) is 8.01. The monoisotopic (exact) mass is 289 g/mol. The van der Waals surface area contributed by atoms with E-state index in [0.29, 0.717) is 18.9 Å². The van der Waals surface area contributed by atoms with E-state index in [1.54, 1.807) is 0 Å². The van der Waals surface area contributed by atoms with Gasteiger partial charge in [0.25, 0.3) is 0 Å². The molecule has 2 rings (SSSR count). The van der Waals surface area contributed by atoms with Gasteiger partial charge in [-0.2, -0.15) is 0 Å². The normalized spacial score (nSPS) is 25.6. The van der Waals surface area contributed by atoms with Crippen LogP contribution < -0.4 is 5.32 Å². The van der Waals surface area contributed by atoms with Gasteiger partial charge in [-0.25, -0.2) is 0 Å². The standard InChI is InChI=1S/C18H27NO2/c1-14-8-10-18(21,11-9-14)13-19-17(20)7-6-16-5-3-4-15(2)12-16/h3-5,12,14,21H,6-11,13H2,1-2H3,(H,19,20). The van der Waals surface area contributed by atoms with Crippen LogP contribution in [0.1, 0.15) is 50.2 Å². The fourth-order valence-electron chi connectivity index (χ4n) is 2.95. The van der Waals surface area contributed by atoms with Gasteiger partial charge < -0.3 is 10.4 Å². The van der Waals surface area contributed by atoms with Gasteiger partial charge in [0.15, 0.2) is 0 Å². The van der Waals surface area contributed by atoms with Crippen LogP contribution in [-0.2, 0) is 11.2 Å². The number of benzene rings is 1. The fourth-order valence-corrected chi connectivity index (χ4v) is 2.95. The van der Waals surface area contributed by atoms with Crippen LogP contribution in [0.15, 0.2) is 24.3 Å². The van der Waals surface area contributed by atoms with Gasteiger partial charge in [0.2, 0.25) is 5.91 Å². The zero-order chi connectivity index (χ0) is 15.3.